The van der Waals surface area contributed by atoms with Gasteiger partial charge < -0.3 is 10.6 Å². The normalized spacial score (nSPS) is 26.1. The van der Waals surface area contributed by atoms with Crippen LogP contribution in [-0.2, 0) is 11.2 Å². The molecule has 0 radical (unpaired) electrons. The molecular formula is C14H22N2OS. The van der Waals surface area contributed by atoms with Crippen LogP contribution in [0.15, 0.2) is 17.5 Å². The third-order valence-electron chi connectivity index (χ3n) is 3.71. The summed E-state index contributed by atoms with van der Waals surface area (Å²) in [5, 5.41) is 2.06. The van der Waals surface area contributed by atoms with E-state index in [1.54, 1.807) is 11.3 Å². The van der Waals surface area contributed by atoms with E-state index in [1.165, 1.54) is 4.88 Å². The van der Waals surface area contributed by atoms with Crippen molar-refractivity contribution in [2.45, 2.75) is 45.2 Å². The lowest BCUT2D eigenvalue weighted by atomic mass is 9.96. The van der Waals surface area contributed by atoms with Gasteiger partial charge in [0.25, 0.3) is 0 Å². The van der Waals surface area contributed by atoms with Crippen LogP contribution in [0, 0.1) is 5.92 Å². The maximum Gasteiger partial charge on any atom is 0.226 e. The highest BCUT2D eigenvalue weighted by molar-refractivity contribution is 7.09. The van der Waals surface area contributed by atoms with Crippen LogP contribution in [0.3, 0.4) is 0 Å². The first-order valence-electron chi connectivity index (χ1n) is 6.66. The highest BCUT2D eigenvalue weighted by Gasteiger charge is 2.29. The van der Waals surface area contributed by atoms with Crippen LogP contribution in [0.5, 0.6) is 0 Å². The summed E-state index contributed by atoms with van der Waals surface area (Å²) in [5.74, 6) is 0.350. The maximum absolute atomic E-state index is 12.4. The Kier molecular flexibility index (Phi) is 4.40. The zero-order valence-electron chi connectivity index (χ0n) is 11.1. The second kappa shape index (κ2) is 5.85. The zero-order chi connectivity index (χ0) is 13.1. The third kappa shape index (κ3) is 3.12. The van der Waals surface area contributed by atoms with Gasteiger partial charge in [0.2, 0.25) is 5.91 Å². The lowest BCUT2D eigenvalue weighted by Crippen LogP contribution is -2.50. The summed E-state index contributed by atoms with van der Waals surface area (Å²) in [7, 11) is 0. The van der Waals surface area contributed by atoms with E-state index in [-0.39, 0.29) is 23.9 Å². The lowest BCUT2D eigenvalue weighted by molar-refractivity contribution is -0.138. The molecule has 1 aromatic rings. The number of carbonyl (C=O) groups excluding carboxylic acids is 1. The van der Waals surface area contributed by atoms with Gasteiger partial charge in [-0.25, -0.2) is 0 Å². The van der Waals surface area contributed by atoms with Crippen molar-refractivity contribution in [3.8, 4) is 0 Å². The molecule has 1 aliphatic heterocycles. The molecule has 2 rings (SSSR count). The lowest BCUT2D eigenvalue weighted by Gasteiger charge is -2.37. The largest absolute Gasteiger partial charge is 0.340 e. The molecule has 0 unspecified atom stereocenters. The molecule has 0 bridgehead atoms. The van der Waals surface area contributed by atoms with Gasteiger partial charge in [-0.1, -0.05) is 13.0 Å². The second-order valence-electron chi connectivity index (χ2n) is 5.35. The van der Waals surface area contributed by atoms with Crippen LogP contribution < -0.4 is 5.73 Å². The van der Waals surface area contributed by atoms with Gasteiger partial charge in [0.1, 0.15) is 0 Å². The van der Waals surface area contributed by atoms with E-state index in [4.69, 9.17) is 5.73 Å². The van der Waals surface area contributed by atoms with Crippen molar-refractivity contribution < 1.29 is 4.79 Å². The van der Waals surface area contributed by atoms with Gasteiger partial charge >= 0.3 is 0 Å². The van der Waals surface area contributed by atoms with Crippen LogP contribution in [-0.4, -0.2) is 29.4 Å². The zero-order valence-corrected chi connectivity index (χ0v) is 12.0. The number of likely N-dealkylation sites (tertiary alicyclic amines) is 1. The minimum Gasteiger partial charge on any atom is -0.340 e. The minimum atomic E-state index is 0.0698. The van der Waals surface area contributed by atoms with E-state index in [2.05, 4.69) is 18.4 Å². The number of piperidine rings is 1. The SMILES string of the molecule is C[C@H](Cc1cccs1)C(=O)N1CC[C@H](N)C[C@@H]1C. The minimum absolute atomic E-state index is 0.0698. The van der Waals surface area contributed by atoms with Crippen LogP contribution >= 0.6 is 11.3 Å². The van der Waals surface area contributed by atoms with Gasteiger partial charge in [0.05, 0.1) is 0 Å². The highest BCUT2D eigenvalue weighted by atomic mass is 32.1. The van der Waals surface area contributed by atoms with E-state index in [0.29, 0.717) is 0 Å². The van der Waals surface area contributed by atoms with Gasteiger partial charge in [-0.15, -0.1) is 11.3 Å². The summed E-state index contributed by atoms with van der Waals surface area (Å²) >= 11 is 1.73. The molecule has 3 nitrogen and oxygen atoms in total. The first-order chi connectivity index (χ1) is 8.58. The van der Waals surface area contributed by atoms with Crippen molar-refractivity contribution in [1.29, 1.82) is 0 Å². The summed E-state index contributed by atoms with van der Waals surface area (Å²) in [6, 6.07) is 4.69. The van der Waals surface area contributed by atoms with Crippen LogP contribution in [0.2, 0.25) is 0 Å². The van der Waals surface area contributed by atoms with Gasteiger partial charge in [0.15, 0.2) is 0 Å². The van der Waals surface area contributed by atoms with E-state index in [9.17, 15) is 4.79 Å². The van der Waals surface area contributed by atoms with Crippen molar-refractivity contribution in [1.82, 2.24) is 4.90 Å². The average molecular weight is 266 g/mol. The number of rotatable bonds is 3. The predicted molar refractivity (Wildman–Crippen MR) is 75.6 cm³/mol. The molecule has 1 fully saturated rings. The Balaban J connectivity index is 1.94. The van der Waals surface area contributed by atoms with Gasteiger partial charge in [-0.2, -0.15) is 0 Å². The van der Waals surface area contributed by atoms with E-state index >= 15 is 0 Å². The van der Waals surface area contributed by atoms with Crippen LogP contribution in [0.25, 0.3) is 0 Å². The average Bonchev–Trinajstić information content (AvgIpc) is 2.81. The van der Waals surface area contributed by atoms with Gasteiger partial charge in [-0.05, 0) is 37.6 Å². The molecule has 0 saturated carbocycles. The number of thiophene rings is 1. The second-order valence-corrected chi connectivity index (χ2v) is 6.38. The molecule has 4 heteroatoms. The molecule has 1 amide bonds. The Hall–Kier alpha value is -0.870. The molecule has 0 aliphatic carbocycles. The molecule has 18 heavy (non-hydrogen) atoms. The van der Waals surface area contributed by atoms with E-state index < -0.39 is 0 Å². The summed E-state index contributed by atoms with van der Waals surface area (Å²) in [6.07, 6.45) is 2.71. The monoisotopic (exact) mass is 266 g/mol. The Morgan fingerprint density at radius 3 is 3.06 bits per heavy atom. The number of hydrogen-bond acceptors (Lipinski definition) is 3. The molecule has 1 aliphatic rings. The molecule has 3 atom stereocenters. The van der Waals surface area contributed by atoms with Crippen molar-refractivity contribution in [3.05, 3.63) is 22.4 Å². The van der Waals surface area contributed by atoms with E-state index in [0.717, 1.165) is 25.8 Å². The molecule has 0 spiro atoms. The third-order valence-corrected chi connectivity index (χ3v) is 4.61. The summed E-state index contributed by atoms with van der Waals surface area (Å²) < 4.78 is 0. The van der Waals surface area contributed by atoms with Gasteiger partial charge in [0, 0.05) is 29.4 Å². The Morgan fingerprint density at radius 1 is 1.67 bits per heavy atom. The van der Waals surface area contributed by atoms with Crippen molar-refractivity contribution in [2.24, 2.45) is 11.7 Å². The molecule has 1 aromatic heterocycles. The van der Waals surface area contributed by atoms with E-state index in [1.807, 2.05) is 17.9 Å². The number of nitrogens with two attached hydrogens (primary N) is 1. The Labute approximate surface area is 113 Å². The molecule has 2 N–H and O–H groups in total. The standard InChI is InChI=1S/C14H22N2OS/c1-10(8-13-4-3-7-18-13)14(17)16-6-5-12(15)9-11(16)2/h3-4,7,10-12H,5-6,8-9,15H2,1-2H3/t10-,11+,12+/m1/s1. The molecule has 1 saturated heterocycles. The molecule has 0 aromatic carbocycles. The number of nitrogens with zero attached hydrogens (tertiary/aromatic N) is 1. The Bertz CT molecular complexity index is 391. The molecule has 2 heterocycles. The smallest absolute Gasteiger partial charge is 0.226 e. The van der Waals surface area contributed by atoms with Crippen molar-refractivity contribution in [2.75, 3.05) is 6.54 Å². The molecule has 100 valence electrons. The van der Waals surface area contributed by atoms with Crippen LogP contribution in [0.4, 0.5) is 0 Å². The summed E-state index contributed by atoms with van der Waals surface area (Å²) in [4.78, 5) is 15.7. The quantitative estimate of drug-likeness (QED) is 0.912. The van der Waals surface area contributed by atoms with Crippen molar-refractivity contribution >= 4 is 17.2 Å². The highest BCUT2D eigenvalue weighted by Crippen LogP contribution is 2.21. The topological polar surface area (TPSA) is 46.3 Å². The maximum atomic E-state index is 12.4. The molecular weight excluding hydrogens is 244 g/mol. The fourth-order valence-corrected chi connectivity index (χ4v) is 3.47. The number of hydrogen-bond donors (Lipinski definition) is 1. The first kappa shape index (κ1) is 13.6. The number of carbonyl (C=O) groups is 1. The Morgan fingerprint density at radius 2 is 2.44 bits per heavy atom. The fourth-order valence-electron chi connectivity index (χ4n) is 2.64. The van der Waals surface area contributed by atoms with Crippen molar-refractivity contribution in [3.63, 3.8) is 0 Å². The fraction of sp³-hybridized carbons (Fsp3) is 0.643. The summed E-state index contributed by atoms with van der Waals surface area (Å²) in [5.41, 5.74) is 5.94. The first-order valence-corrected chi connectivity index (χ1v) is 7.54. The van der Waals surface area contributed by atoms with Gasteiger partial charge in [-0.3, -0.25) is 4.79 Å². The van der Waals surface area contributed by atoms with Crippen LogP contribution in [0.1, 0.15) is 31.6 Å². The predicted octanol–water partition coefficient (Wildman–Crippen LogP) is 2.26. The number of amides is 1. The summed E-state index contributed by atoms with van der Waals surface area (Å²) in [6.45, 7) is 4.95.